The van der Waals surface area contributed by atoms with Crippen molar-refractivity contribution in [2.75, 3.05) is 17.2 Å². The predicted molar refractivity (Wildman–Crippen MR) is 183 cm³/mol. The Morgan fingerprint density at radius 3 is 2.65 bits per heavy atom. The summed E-state index contributed by atoms with van der Waals surface area (Å²) in [6, 6.07) is 1.76. The van der Waals surface area contributed by atoms with Gasteiger partial charge < -0.3 is 31.2 Å². The number of amides is 3. The molecule has 0 unspecified atom stereocenters. The van der Waals surface area contributed by atoms with Crippen LogP contribution in [0.15, 0.2) is 39.0 Å². The fourth-order valence-electron chi connectivity index (χ4n) is 4.89. The van der Waals surface area contributed by atoms with E-state index >= 15 is 0 Å². The van der Waals surface area contributed by atoms with Crippen molar-refractivity contribution in [3.8, 4) is 11.5 Å². The molecule has 3 amide bonds. The van der Waals surface area contributed by atoms with Gasteiger partial charge in [0, 0.05) is 28.1 Å². The molecular weight excluding hydrogens is 775 g/mol. The molecule has 1 fully saturated rings. The first kappa shape index (κ1) is 35.9. The molecule has 0 saturated carbocycles. The number of nitrogens with zero attached hydrogens (tertiary/aromatic N) is 7. The van der Waals surface area contributed by atoms with E-state index in [1.165, 1.54) is 45.0 Å². The molecule has 0 bridgehead atoms. The van der Waals surface area contributed by atoms with E-state index in [-0.39, 0.29) is 61.0 Å². The van der Waals surface area contributed by atoms with Crippen molar-refractivity contribution < 1.29 is 44.5 Å². The Labute approximate surface area is 307 Å². The minimum Gasteiger partial charge on any atom is -0.503 e. The van der Waals surface area contributed by atoms with E-state index in [9.17, 15) is 34.5 Å². The van der Waals surface area contributed by atoms with Crippen molar-refractivity contribution in [3.63, 3.8) is 0 Å². The summed E-state index contributed by atoms with van der Waals surface area (Å²) in [6.45, 7) is 1.30. The van der Waals surface area contributed by atoms with Gasteiger partial charge in [0.05, 0.1) is 10.0 Å². The number of nitrogen functional groups attached to an aromatic ring is 1. The lowest BCUT2D eigenvalue weighted by atomic mass is 10.0. The molecule has 24 heteroatoms. The number of hydroxylamine groups is 1. The number of oxime groups is 1. The average molecular weight is 798 g/mol. The zero-order valence-corrected chi connectivity index (χ0v) is 29.5. The SMILES string of the molecule is Cc1cc(SCC2=C(C(=O)O)N3C(=O)[C@@H](NC(=O)/C(=N\OCc4cc(Cl)c(O)c(O)c4Cl)c4csc(N)n4)[C@H]3SC2)n2nc(C(=O)NO)nc2n1. The van der Waals surface area contributed by atoms with Crippen LogP contribution in [0.4, 0.5) is 5.13 Å². The highest BCUT2D eigenvalue weighted by Gasteiger charge is 2.54. The van der Waals surface area contributed by atoms with Crippen LogP contribution >= 0.6 is 58.1 Å². The second-order valence-electron chi connectivity index (χ2n) is 10.5. The maximum Gasteiger partial charge on any atom is 0.352 e. The number of carboxylic acid groups (broad SMARTS) is 1. The Hall–Kier alpha value is -4.87. The molecule has 19 nitrogen and oxygen atoms in total. The van der Waals surface area contributed by atoms with Crippen molar-refractivity contribution in [3.05, 3.63) is 61.6 Å². The number of β-lactam (4-membered cyclic amide) rings is 1. The molecular formula is C27H22Cl2N10O9S3. The number of anilines is 1. The number of nitrogens with two attached hydrogens (primary N) is 1. The molecule has 3 aromatic heterocycles. The van der Waals surface area contributed by atoms with Crippen molar-refractivity contribution >= 4 is 98.4 Å². The van der Waals surface area contributed by atoms with E-state index in [2.05, 4.69) is 30.5 Å². The van der Waals surface area contributed by atoms with Gasteiger partial charge in [0.1, 0.15) is 34.4 Å². The summed E-state index contributed by atoms with van der Waals surface area (Å²) in [5, 5.41) is 50.1. The number of aryl methyl sites for hydroxylation is 1. The topological polar surface area (TPSA) is 280 Å². The molecule has 0 radical (unpaired) electrons. The van der Waals surface area contributed by atoms with Crippen LogP contribution in [0.5, 0.6) is 11.5 Å². The van der Waals surface area contributed by atoms with Gasteiger partial charge in [-0.25, -0.2) is 20.2 Å². The van der Waals surface area contributed by atoms with Crippen LogP contribution < -0.4 is 16.5 Å². The number of carbonyl (C=O) groups is 4. The summed E-state index contributed by atoms with van der Waals surface area (Å²) < 4.78 is 1.28. The third-order valence-electron chi connectivity index (χ3n) is 7.24. The number of halogens is 2. The van der Waals surface area contributed by atoms with E-state index in [1.54, 1.807) is 13.0 Å². The van der Waals surface area contributed by atoms with Gasteiger partial charge in [0.25, 0.3) is 17.6 Å². The van der Waals surface area contributed by atoms with Crippen molar-refractivity contribution in [1.29, 1.82) is 0 Å². The molecule has 2 aliphatic heterocycles. The number of phenolic OH excluding ortho intramolecular Hbond substituents is 2. The highest BCUT2D eigenvalue weighted by atomic mass is 35.5. The van der Waals surface area contributed by atoms with Gasteiger partial charge in [-0.1, -0.05) is 28.4 Å². The van der Waals surface area contributed by atoms with Gasteiger partial charge >= 0.3 is 11.9 Å². The minimum atomic E-state index is -1.35. The van der Waals surface area contributed by atoms with Gasteiger partial charge in [0.15, 0.2) is 22.3 Å². The predicted octanol–water partition coefficient (Wildman–Crippen LogP) is 1.76. The number of fused-ring (bicyclic) bond motifs is 2. The normalized spacial score (nSPS) is 17.3. The molecule has 8 N–H and O–H groups in total. The number of nitrogens with one attached hydrogen (secondary N) is 2. The maximum absolute atomic E-state index is 13.5. The smallest absolute Gasteiger partial charge is 0.352 e. The summed E-state index contributed by atoms with van der Waals surface area (Å²) in [4.78, 5) is 69.9. The molecule has 2 atom stereocenters. The number of aromatic hydroxyl groups is 2. The molecule has 6 rings (SSSR count). The Morgan fingerprint density at radius 1 is 1.20 bits per heavy atom. The van der Waals surface area contributed by atoms with Crippen LogP contribution in [0.2, 0.25) is 10.0 Å². The number of rotatable bonds is 11. The van der Waals surface area contributed by atoms with Gasteiger partial charge in [-0.05, 0) is 24.6 Å². The number of aliphatic carboxylic acids is 1. The number of hydrogen-bond acceptors (Lipinski definition) is 17. The maximum atomic E-state index is 13.5. The number of carboxylic acids is 1. The zero-order chi connectivity index (χ0) is 36.7. The molecule has 51 heavy (non-hydrogen) atoms. The van der Waals surface area contributed by atoms with E-state index in [1.807, 2.05) is 0 Å². The number of thiazole rings is 1. The minimum absolute atomic E-state index is 0.0231. The largest absolute Gasteiger partial charge is 0.503 e. The lowest BCUT2D eigenvalue weighted by Gasteiger charge is -2.49. The van der Waals surface area contributed by atoms with E-state index in [4.69, 9.17) is 39.0 Å². The van der Waals surface area contributed by atoms with Gasteiger partial charge in [-0.15, -0.1) is 40.0 Å². The highest BCUT2D eigenvalue weighted by Crippen LogP contribution is 2.43. The fraction of sp³-hybridized carbons (Fsp3) is 0.222. The van der Waals surface area contributed by atoms with E-state index in [0.29, 0.717) is 16.3 Å². The Kier molecular flexibility index (Phi) is 10.1. The highest BCUT2D eigenvalue weighted by molar-refractivity contribution is 8.01. The molecule has 5 heterocycles. The number of phenols is 2. The number of aromatic nitrogens is 5. The second-order valence-corrected chi connectivity index (χ2v) is 14.3. The van der Waals surface area contributed by atoms with Crippen LogP contribution in [0.3, 0.4) is 0 Å². The lowest BCUT2D eigenvalue weighted by molar-refractivity contribution is -0.150. The molecule has 0 aliphatic carbocycles. The first-order chi connectivity index (χ1) is 24.3. The van der Waals surface area contributed by atoms with Crippen molar-refractivity contribution in [2.24, 2.45) is 5.16 Å². The van der Waals surface area contributed by atoms with Crippen LogP contribution in [0, 0.1) is 6.92 Å². The standard InChI is InChI=1S/C27H22Cl2N10O9S3/c1-8-2-13(39-27(31-8)34-20(35-39)22(43)36-47)49-5-10-6-50-24-16(23(44)38(24)17(10)25(45)46)33-21(42)15(12-7-51-26(30)32-12)37-48-4-9-3-11(28)18(40)19(41)14(9)29/h2-3,7,16,24,40-41,47H,4-6H2,1H3,(H2,30,32)(H,33,42)(H,36,43)(H,45,46)/b37-15-/t16-,24-/m1/s1. The number of thioether (sulfide) groups is 2. The molecule has 2 aliphatic rings. The van der Waals surface area contributed by atoms with Crippen LogP contribution in [0.1, 0.15) is 27.6 Å². The summed E-state index contributed by atoms with van der Waals surface area (Å²) in [5.74, 6) is -5.10. The monoisotopic (exact) mass is 796 g/mol. The zero-order valence-electron chi connectivity index (χ0n) is 25.5. The van der Waals surface area contributed by atoms with Crippen LogP contribution in [-0.2, 0) is 25.8 Å². The number of benzene rings is 1. The Bertz CT molecular complexity index is 2190. The third kappa shape index (κ3) is 6.92. The lowest BCUT2D eigenvalue weighted by Crippen LogP contribution is -2.71. The van der Waals surface area contributed by atoms with Gasteiger partial charge in [-0.3, -0.25) is 24.5 Å². The Morgan fingerprint density at radius 2 is 1.96 bits per heavy atom. The van der Waals surface area contributed by atoms with Crippen molar-refractivity contribution in [2.45, 2.75) is 30.0 Å². The first-order valence-electron chi connectivity index (χ1n) is 14.1. The van der Waals surface area contributed by atoms with E-state index in [0.717, 1.165) is 16.2 Å². The molecule has 4 aromatic rings. The van der Waals surface area contributed by atoms with Crippen LogP contribution in [0.25, 0.3) is 5.78 Å². The van der Waals surface area contributed by atoms with Gasteiger partial charge in [0.2, 0.25) is 5.82 Å². The molecule has 266 valence electrons. The van der Waals surface area contributed by atoms with Gasteiger partial charge in [-0.2, -0.15) is 9.50 Å². The molecule has 1 saturated heterocycles. The molecule has 0 spiro atoms. The second kappa shape index (κ2) is 14.4. The summed E-state index contributed by atoms with van der Waals surface area (Å²) in [7, 11) is 0. The number of carbonyl (C=O) groups excluding carboxylic acids is 3. The van der Waals surface area contributed by atoms with Crippen LogP contribution in [-0.4, -0.2) is 102 Å². The summed E-state index contributed by atoms with van der Waals surface area (Å²) in [6.07, 6.45) is 0. The summed E-state index contributed by atoms with van der Waals surface area (Å²) >= 11 is 15.4. The Balaban J connectivity index is 1.19. The average Bonchev–Trinajstić information content (AvgIpc) is 3.74. The quantitative estimate of drug-likeness (QED) is 0.0217. The van der Waals surface area contributed by atoms with Crippen molar-refractivity contribution in [1.82, 2.24) is 40.3 Å². The molecule has 1 aromatic carbocycles. The number of hydrogen-bond donors (Lipinski definition) is 7. The third-order valence-corrected chi connectivity index (χ3v) is 11.0. The van der Waals surface area contributed by atoms with E-state index < -0.39 is 53.2 Å². The first-order valence-corrected chi connectivity index (χ1v) is 17.8. The fourth-order valence-corrected chi connectivity index (χ4v) is 8.40. The summed E-state index contributed by atoms with van der Waals surface area (Å²) in [5.41, 5.74) is 7.72.